The summed E-state index contributed by atoms with van der Waals surface area (Å²) in [6.07, 6.45) is 4.15. The number of aryl methyl sites for hydroxylation is 1. The molecule has 0 aliphatic heterocycles. The van der Waals surface area contributed by atoms with Crippen LogP contribution in [0.1, 0.15) is 24.2 Å². The molecule has 3 rings (SSSR count). The van der Waals surface area contributed by atoms with Crippen molar-refractivity contribution in [2.75, 3.05) is 0 Å². The van der Waals surface area contributed by atoms with Crippen LogP contribution >= 0.6 is 11.8 Å². The van der Waals surface area contributed by atoms with Crippen LogP contribution in [0, 0.1) is 12.7 Å². The fraction of sp³-hybridized carbons (Fsp3) is 0.333. The summed E-state index contributed by atoms with van der Waals surface area (Å²) in [5, 5.41) is 3.43. The molecule has 1 aliphatic carbocycles. The summed E-state index contributed by atoms with van der Waals surface area (Å²) in [6.45, 7) is 2.66. The largest absolute Gasteiger partial charge is 0.468 e. The second kappa shape index (κ2) is 5.39. The predicted octanol–water partition coefficient (Wildman–Crippen LogP) is 4.13. The Balaban J connectivity index is 1.80. The molecule has 1 saturated carbocycles. The van der Waals surface area contributed by atoms with E-state index in [1.165, 1.54) is 18.9 Å². The van der Waals surface area contributed by atoms with E-state index in [4.69, 9.17) is 4.42 Å². The molecule has 0 radical (unpaired) electrons. The first-order chi connectivity index (χ1) is 9.22. The summed E-state index contributed by atoms with van der Waals surface area (Å²) in [6, 6.07) is 7.54. The lowest BCUT2D eigenvalue weighted by Gasteiger charge is -2.10. The maximum atomic E-state index is 13.4. The monoisotopic (exact) mass is 277 g/mol. The van der Waals surface area contributed by atoms with Gasteiger partial charge in [0.25, 0.3) is 0 Å². The van der Waals surface area contributed by atoms with Crippen molar-refractivity contribution in [3.05, 3.63) is 47.7 Å². The maximum absolute atomic E-state index is 13.4. The zero-order valence-corrected chi connectivity index (χ0v) is 11.6. The van der Waals surface area contributed by atoms with Gasteiger partial charge in [-0.15, -0.1) is 0 Å². The molecular formula is C15H16FNOS. The summed E-state index contributed by atoms with van der Waals surface area (Å²) in [7, 11) is 0. The van der Waals surface area contributed by atoms with Crippen molar-refractivity contribution in [3.8, 4) is 0 Å². The highest BCUT2D eigenvalue weighted by Gasteiger charge is 2.20. The van der Waals surface area contributed by atoms with Gasteiger partial charge in [0.05, 0.1) is 11.2 Å². The standard InChI is InChI=1S/C15H16FNOS/c1-10-14(6-7-18-10)19-15-5-2-12(16)8-11(15)9-17-13-3-4-13/h2,5-8,13,17H,3-4,9H2,1H3. The lowest BCUT2D eigenvalue weighted by atomic mass is 10.2. The van der Waals surface area contributed by atoms with E-state index in [-0.39, 0.29) is 5.82 Å². The van der Waals surface area contributed by atoms with Gasteiger partial charge in [-0.1, -0.05) is 11.8 Å². The summed E-state index contributed by atoms with van der Waals surface area (Å²) < 4.78 is 18.7. The van der Waals surface area contributed by atoms with E-state index in [1.54, 1.807) is 24.1 Å². The Bertz CT molecular complexity index is 577. The van der Waals surface area contributed by atoms with Crippen LogP contribution in [0.15, 0.2) is 44.7 Å². The molecule has 0 amide bonds. The van der Waals surface area contributed by atoms with Gasteiger partial charge in [0.15, 0.2) is 0 Å². The fourth-order valence-electron chi connectivity index (χ4n) is 1.93. The average molecular weight is 277 g/mol. The molecule has 1 heterocycles. The number of halogens is 1. The van der Waals surface area contributed by atoms with Crippen molar-refractivity contribution in [2.24, 2.45) is 0 Å². The van der Waals surface area contributed by atoms with Crippen molar-refractivity contribution in [1.82, 2.24) is 5.32 Å². The van der Waals surface area contributed by atoms with Crippen LogP contribution in [0.25, 0.3) is 0 Å². The van der Waals surface area contributed by atoms with Gasteiger partial charge in [-0.2, -0.15) is 0 Å². The average Bonchev–Trinajstić information content (AvgIpc) is 3.14. The lowest BCUT2D eigenvalue weighted by Crippen LogP contribution is -2.15. The molecule has 0 bridgehead atoms. The third kappa shape index (κ3) is 3.19. The smallest absolute Gasteiger partial charge is 0.123 e. The molecule has 19 heavy (non-hydrogen) atoms. The van der Waals surface area contributed by atoms with Gasteiger partial charge in [-0.25, -0.2) is 4.39 Å². The van der Waals surface area contributed by atoms with E-state index in [0.29, 0.717) is 6.04 Å². The normalized spacial score (nSPS) is 14.8. The van der Waals surface area contributed by atoms with Crippen molar-refractivity contribution >= 4 is 11.8 Å². The Morgan fingerprint density at radius 1 is 1.32 bits per heavy atom. The molecule has 100 valence electrons. The highest BCUT2D eigenvalue weighted by Crippen LogP contribution is 2.34. The Hall–Kier alpha value is -1.26. The molecule has 1 aliphatic rings. The molecule has 2 nitrogen and oxygen atoms in total. The van der Waals surface area contributed by atoms with Crippen LogP contribution in [0.4, 0.5) is 4.39 Å². The first kappa shape index (κ1) is 12.8. The van der Waals surface area contributed by atoms with E-state index in [0.717, 1.165) is 27.7 Å². The Labute approximate surface area is 116 Å². The molecule has 4 heteroatoms. The molecule has 0 spiro atoms. The van der Waals surface area contributed by atoms with Crippen LogP contribution in [0.2, 0.25) is 0 Å². The van der Waals surface area contributed by atoms with E-state index < -0.39 is 0 Å². The SMILES string of the molecule is Cc1occc1Sc1ccc(F)cc1CNC1CC1. The van der Waals surface area contributed by atoms with Gasteiger partial charge in [0.2, 0.25) is 0 Å². The fourth-order valence-corrected chi connectivity index (χ4v) is 2.88. The van der Waals surface area contributed by atoms with Crippen molar-refractivity contribution in [1.29, 1.82) is 0 Å². The van der Waals surface area contributed by atoms with Gasteiger partial charge in [0.1, 0.15) is 11.6 Å². The van der Waals surface area contributed by atoms with Gasteiger partial charge in [-0.05, 0) is 49.6 Å². The van der Waals surface area contributed by atoms with Crippen molar-refractivity contribution in [3.63, 3.8) is 0 Å². The molecule has 1 aromatic carbocycles. The molecular weight excluding hydrogens is 261 g/mol. The molecule has 0 saturated heterocycles. The molecule has 0 unspecified atom stereocenters. The lowest BCUT2D eigenvalue weighted by molar-refractivity contribution is 0.527. The van der Waals surface area contributed by atoms with Gasteiger partial charge >= 0.3 is 0 Å². The second-order valence-electron chi connectivity index (χ2n) is 4.85. The van der Waals surface area contributed by atoms with Crippen LogP contribution in [0.5, 0.6) is 0 Å². The minimum Gasteiger partial charge on any atom is -0.468 e. The number of hydrogen-bond acceptors (Lipinski definition) is 3. The van der Waals surface area contributed by atoms with E-state index in [2.05, 4.69) is 5.32 Å². The topological polar surface area (TPSA) is 25.2 Å². The minimum atomic E-state index is -0.180. The summed E-state index contributed by atoms with van der Waals surface area (Å²) >= 11 is 1.63. The second-order valence-corrected chi connectivity index (χ2v) is 5.93. The van der Waals surface area contributed by atoms with Gasteiger partial charge < -0.3 is 9.73 Å². The number of benzene rings is 1. The Morgan fingerprint density at radius 3 is 2.84 bits per heavy atom. The van der Waals surface area contributed by atoms with E-state index >= 15 is 0 Å². The third-order valence-electron chi connectivity index (χ3n) is 3.21. The number of furan rings is 1. The molecule has 0 atom stereocenters. The van der Waals surface area contributed by atoms with Gasteiger partial charge in [0, 0.05) is 17.5 Å². The van der Waals surface area contributed by atoms with Crippen LogP contribution in [0.3, 0.4) is 0 Å². The van der Waals surface area contributed by atoms with Crippen LogP contribution < -0.4 is 5.32 Å². The van der Waals surface area contributed by atoms with E-state index in [9.17, 15) is 4.39 Å². The molecule has 1 N–H and O–H groups in total. The van der Waals surface area contributed by atoms with Gasteiger partial charge in [-0.3, -0.25) is 0 Å². The summed E-state index contributed by atoms with van der Waals surface area (Å²) in [5.41, 5.74) is 1.01. The number of rotatable bonds is 5. The molecule has 2 aromatic rings. The zero-order chi connectivity index (χ0) is 13.2. The third-order valence-corrected chi connectivity index (χ3v) is 4.47. The number of hydrogen-bond donors (Lipinski definition) is 1. The quantitative estimate of drug-likeness (QED) is 0.889. The molecule has 1 fully saturated rings. The highest BCUT2D eigenvalue weighted by molar-refractivity contribution is 7.99. The van der Waals surface area contributed by atoms with E-state index in [1.807, 2.05) is 19.1 Å². The Kier molecular flexibility index (Phi) is 3.62. The number of nitrogens with one attached hydrogen (secondary N) is 1. The Morgan fingerprint density at radius 2 is 2.16 bits per heavy atom. The zero-order valence-electron chi connectivity index (χ0n) is 10.8. The molecule has 1 aromatic heterocycles. The first-order valence-electron chi connectivity index (χ1n) is 6.46. The van der Waals surface area contributed by atoms with Crippen molar-refractivity contribution in [2.45, 2.75) is 42.1 Å². The van der Waals surface area contributed by atoms with Crippen LogP contribution in [-0.2, 0) is 6.54 Å². The summed E-state index contributed by atoms with van der Waals surface area (Å²) in [5.74, 6) is 0.719. The predicted molar refractivity (Wildman–Crippen MR) is 73.8 cm³/mol. The summed E-state index contributed by atoms with van der Waals surface area (Å²) in [4.78, 5) is 2.17. The first-order valence-corrected chi connectivity index (χ1v) is 7.28. The van der Waals surface area contributed by atoms with Crippen molar-refractivity contribution < 1.29 is 8.81 Å². The highest BCUT2D eigenvalue weighted by atomic mass is 32.2. The minimum absolute atomic E-state index is 0.180. The van der Waals surface area contributed by atoms with Crippen LogP contribution in [-0.4, -0.2) is 6.04 Å². The maximum Gasteiger partial charge on any atom is 0.123 e.